The smallest absolute Gasteiger partial charge is 0.137 e. The van der Waals surface area contributed by atoms with Crippen molar-refractivity contribution in [3.63, 3.8) is 0 Å². The third kappa shape index (κ3) is 6.28. The minimum absolute atomic E-state index is 0.829. The first kappa shape index (κ1) is 13.8. The summed E-state index contributed by atoms with van der Waals surface area (Å²) in [6.07, 6.45) is 2.14. The van der Waals surface area contributed by atoms with Crippen LogP contribution >= 0.6 is 24.0 Å². The second kappa shape index (κ2) is 9.36. The van der Waals surface area contributed by atoms with Crippen LogP contribution in [-0.2, 0) is 0 Å². The van der Waals surface area contributed by atoms with Crippen molar-refractivity contribution in [3.05, 3.63) is 0 Å². The molecule has 0 fully saturated rings. The van der Waals surface area contributed by atoms with E-state index in [1.54, 1.807) is 11.8 Å². The monoisotopic (exact) mass is 229 g/mol. The van der Waals surface area contributed by atoms with Crippen LogP contribution in [0.25, 0.3) is 0 Å². The summed E-state index contributed by atoms with van der Waals surface area (Å²) in [4.78, 5) is 2.18. The van der Waals surface area contributed by atoms with Crippen LogP contribution in [0.4, 0.5) is 0 Å². The van der Waals surface area contributed by atoms with E-state index >= 15 is 0 Å². The van der Waals surface area contributed by atoms with Crippen molar-refractivity contribution in [2.24, 2.45) is 0 Å². The van der Waals surface area contributed by atoms with E-state index < -0.39 is 0 Å². The first-order valence-electron chi connectivity index (χ1n) is 5.13. The summed E-state index contributed by atoms with van der Waals surface area (Å²) >= 11 is 6.94. The molecule has 0 atom stereocenters. The molecule has 0 aromatic rings. The maximum Gasteiger partial charge on any atom is 0.137 e. The highest BCUT2D eigenvalue weighted by molar-refractivity contribution is 8.23. The average Bonchev–Trinajstić information content (AvgIpc) is 2.19. The molecular weight excluding hydrogens is 210 g/mol. The van der Waals surface area contributed by atoms with E-state index in [0.29, 0.717) is 0 Å². The van der Waals surface area contributed by atoms with Crippen molar-refractivity contribution in [2.45, 2.75) is 33.6 Å². The van der Waals surface area contributed by atoms with Gasteiger partial charge >= 0.3 is 0 Å². The molecule has 0 aliphatic heterocycles. The topological polar surface area (TPSA) is 3.24 Å². The largest absolute Gasteiger partial charge is 0.358 e. The second-order valence-corrected chi connectivity index (χ2v) is 4.44. The molecule has 0 unspecified atom stereocenters. The van der Waals surface area contributed by atoms with Crippen LogP contribution in [-0.4, -0.2) is 28.1 Å². The maximum absolute atomic E-state index is 5.27. The molecular formula is C11H19NS2. The normalized spacial score (nSPS) is 9.07. The Morgan fingerprint density at radius 2 is 1.86 bits per heavy atom. The number of hydrogen-bond donors (Lipinski definition) is 0. The van der Waals surface area contributed by atoms with Gasteiger partial charge in [-0.2, -0.15) is 0 Å². The Kier molecular flexibility index (Phi) is 9.23. The molecule has 0 aliphatic carbocycles. The van der Waals surface area contributed by atoms with Gasteiger partial charge in [-0.1, -0.05) is 36.8 Å². The molecule has 0 radical (unpaired) electrons. The molecule has 0 bridgehead atoms. The molecule has 0 saturated heterocycles. The lowest BCUT2D eigenvalue weighted by Crippen LogP contribution is -2.26. The van der Waals surface area contributed by atoms with Crippen LogP contribution < -0.4 is 0 Å². The van der Waals surface area contributed by atoms with Gasteiger partial charge < -0.3 is 4.90 Å². The summed E-state index contributed by atoms with van der Waals surface area (Å²) < 4.78 is 0.973. The zero-order chi connectivity index (χ0) is 10.8. The number of thioether (sulfide) groups is 1. The van der Waals surface area contributed by atoms with Crippen molar-refractivity contribution >= 4 is 28.3 Å². The fraction of sp³-hybridized carbons (Fsp3) is 0.727. The van der Waals surface area contributed by atoms with Crippen LogP contribution in [0.1, 0.15) is 33.6 Å². The van der Waals surface area contributed by atoms with E-state index in [1.807, 2.05) is 0 Å². The van der Waals surface area contributed by atoms with Crippen LogP contribution in [0.15, 0.2) is 0 Å². The van der Waals surface area contributed by atoms with Gasteiger partial charge in [-0.25, -0.2) is 0 Å². The van der Waals surface area contributed by atoms with Crippen molar-refractivity contribution in [1.29, 1.82) is 0 Å². The Hall–Kier alpha value is -0.200. The minimum Gasteiger partial charge on any atom is -0.358 e. The fourth-order valence-corrected chi connectivity index (χ4v) is 2.11. The molecule has 0 heterocycles. The van der Waals surface area contributed by atoms with E-state index in [4.69, 9.17) is 12.2 Å². The van der Waals surface area contributed by atoms with Gasteiger partial charge in [0.25, 0.3) is 0 Å². The molecule has 0 rings (SSSR count). The highest BCUT2D eigenvalue weighted by Gasteiger charge is 2.03. The van der Waals surface area contributed by atoms with Crippen molar-refractivity contribution in [2.75, 3.05) is 18.8 Å². The van der Waals surface area contributed by atoms with Gasteiger partial charge in [0.05, 0.1) is 5.75 Å². The van der Waals surface area contributed by atoms with Gasteiger partial charge in [0.15, 0.2) is 0 Å². The first-order valence-corrected chi connectivity index (χ1v) is 6.53. The fourth-order valence-electron chi connectivity index (χ4n) is 0.935. The minimum atomic E-state index is 0.829. The molecule has 0 amide bonds. The van der Waals surface area contributed by atoms with Gasteiger partial charge in [0.1, 0.15) is 4.32 Å². The number of rotatable bonds is 4. The van der Waals surface area contributed by atoms with E-state index in [-0.39, 0.29) is 0 Å². The molecule has 0 aliphatic rings. The quantitative estimate of drug-likeness (QED) is 0.538. The second-order valence-electron chi connectivity index (χ2n) is 2.83. The Balaban J connectivity index is 3.69. The van der Waals surface area contributed by atoms with Crippen LogP contribution in [0.2, 0.25) is 0 Å². The van der Waals surface area contributed by atoms with Gasteiger partial charge in [-0.15, -0.1) is 5.92 Å². The molecule has 0 spiro atoms. The van der Waals surface area contributed by atoms with Gasteiger partial charge in [-0.3, -0.25) is 0 Å². The molecule has 0 saturated carbocycles. The summed E-state index contributed by atoms with van der Waals surface area (Å²) in [7, 11) is 0. The third-order valence-electron chi connectivity index (χ3n) is 1.79. The number of unbranched alkanes of at least 4 members (excludes halogenated alkanes) is 1. The molecule has 14 heavy (non-hydrogen) atoms. The Morgan fingerprint density at radius 1 is 1.21 bits per heavy atom. The van der Waals surface area contributed by atoms with Crippen molar-refractivity contribution in [1.82, 2.24) is 4.90 Å². The average molecular weight is 229 g/mol. The van der Waals surface area contributed by atoms with Crippen molar-refractivity contribution in [3.8, 4) is 11.8 Å². The van der Waals surface area contributed by atoms with Gasteiger partial charge in [0, 0.05) is 19.5 Å². The number of nitrogens with zero attached hydrogens (tertiary/aromatic N) is 1. The van der Waals surface area contributed by atoms with E-state index in [9.17, 15) is 0 Å². The SMILES string of the molecule is CCCC#CCSC(=S)N(CC)CC. The molecule has 80 valence electrons. The lowest BCUT2D eigenvalue weighted by atomic mass is 10.3. The zero-order valence-corrected chi connectivity index (χ0v) is 10.9. The van der Waals surface area contributed by atoms with Gasteiger partial charge in [0.2, 0.25) is 0 Å². The highest BCUT2D eigenvalue weighted by atomic mass is 32.2. The summed E-state index contributed by atoms with van der Waals surface area (Å²) in [5, 5.41) is 0. The first-order chi connectivity index (χ1) is 6.76. The Labute approximate surface area is 97.6 Å². The highest BCUT2D eigenvalue weighted by Crippen LogP contribution is 2.08. The van der Waals surface area contributed by atoms with E-state index in [0.717, 1.165) is 36.0 Å². The molecule has 0 N–H and O–H groups in total. The number of thiocarbonyl (C=S) groups is 1. The number of hydrogen-bond acceptors (Lipinski definition) is 2. The van der Waals surface area contributed by atoms with Crippen LogP contribution in [0.5, 0.6) is 0 Å². The molecule has 3 heteroatoms. The lowest BCUT2D eigenvalue weighted by Gasteiger charge is -2.19. The molecule has 1 nitrogen and oxygen atoms in total. The predicted molar refractivity (Wildman–Crippen MR) is 70.7 cm³/mol. The van der Waals surface area contributed by atoms with Crippen molar-refractivity contribution < 1.29 is 0 Å². The summed E-state index contributed by atoms with van der Waals surface area (Å²) in [5.74, 6) is 7.06. The summed E-state index contributed by atoms with van der Waals surface area (Å²) in [6.45, 7) is 8.37. The zero-order valence-electron chi connectivity index (χ0n) is 9.30. The molecule has 0 aromatic carbocycles. The Morgan fingerprint density at radius 3 is 2.36 bits per heavy atom. The van der Waals surface area contributed by atoms with E-state index in [2.05, 4.69) is 37.5 Å². The Bertz CT molecular complexity index is 211. The van der Waals surface area contributed by atoms with E-state index in [1.165, 1.54) is 0 Å². The third-order valence-corrected chi connectivity index (χ3v) is 3.20. The maximum atomic E-state index is 5.27. The molecule has 0 aromatic heterocycles. The predicted octanol–water partition coefficient (Wildman–Crippen LogP) is 3.15. The standard InChI is InChI=1S/C11H19NS2/c1-4-7-8-9-10-14-11(13)12(5-2)6-3/h4-7,10H2,1-3H3. The van der Waals surface area contributed by atoms with Crippen LogP contribution in [0, 0.1) is 11.8 Å². The lowest BCUT2D eigenvalue weighted by molar-refractivity contribution is 0.482. The summed E-state index contributed by atoms with van der Waals surface area (Å²) in [6, 6.07) is 0. The van der Waals surface area contributed by atoms with Gasteiger partial charge in [-0.05, 0) is 20.3 Å². The van der Waals surface area contributed by atoms with Crippen LogP contribution in [0.3, 0.4) is 0 Å². The summed E-state index contributed by atoms with van der Waals surface area (Å²) in [5.41, 5.74) is 0.